The van der Waals surface area contributed by atoms with E-state index in [-0.39, 0.29) is 24.0 Å². The summed E-state index contributed by atoms with van der Waals surface area (Å²) in [7, 11) is 1.88. The highest BCUT2D eigenvalue weighted by molar-refractivity contribution is 14.0. The molecule has 1 aliphatic carbocycles. The topological polar surface area (TPSA) is 48.9 Å². The molecule has 7 heteroatoms. The first-order valence-corrected chi connectivity index (χ1v) is 11.5. The van der Waals surface area contributed by atoms with Crippen LogP contribution in [0.3, 0.4) is 0 Å². The molecule has 0 spiro atoms. The smallest absolute Gasteiger partial charge is 0.191 e. The summed E-state index contributed by atoms with van der Waals surface area (Å²) in [5.74, 6) is 0.947. The van der Waals surface area contributed by atoms with Crippen molar-refractivity contribution in [3.05, 3.63) is 22.4 Å². The van der Waals surface area contributed by atoms with E-state index in [0.29, 0.717) is 5.41 Å². The van der Waals surface area contributed by atoms with Gasteiger partial charge in [0.05, 0.1) is 13.2 Å². The maximum atomic E-state index is 5.41. The summed E-state index contributed by atoms with van der Waals surface area (Å²) >= 11 is 1.91. The molecular formula is C21H37IN4OS. The van der Waals surface area contributed by atoms with Crippen molar-refractivity contribution in [2.24, 2.45) is 4.99 Å². The van der Waals surface area contributed by atoms with Crippen molar-refractivity contribution in [3.63, 3.8) is 0 Å². The van der Waals surface area contributed by atoms with Gasteiger partial charge in [-0.05, 0) is 43.7 Å². The van der Waals surface area contributed by atoms with Crippen molar-refractivity contribution >= 4 is 41.3 Å². The van der Waals surface area contributed by atoms with Crippen LogP contribution in [0.2, 0.25) is 0 Å². The molecule has 2 heterocycles. The van der Waals surface area contributed by atoms with Crippen LogP contribution in [0.1, 0.15) is 49.8 Å². The quantitative estimate of drug-likeness (QED) is 0.237. The molecule has 1 aromatic heterocycles. The molecule has 5 nitrogen and oxygen atoms in total. The first kappa shape index (κ1) is 23.9. The Morgan fingerprint density at radius 3 is 2.64 bits per heavy atom. The lowest BCUT2D eigenvalue weighted by atomic mass is 9.73. The van der Waals surface area contributed by atoms with Gasteiger partial charge < -0.3 is 15.4 Å². The highest BCUT2D eigenvalue weighted by Gasteiger charge is 2.34. The third kappa shape index (κ3) is 7.15. The Morgan fingerprint density at radius 2 is 1.96 bits per heavy atom. The average Bonchev–Trinajstić information content (AvgIpc) is 3.27. The van der Waals surface area contributed by atoms with Gasteiger partial charge >= 0.3 is 0 Å². The van der Waals surface area contributed by atoms with Crippen LogP contribution in [0.25, 0.3) is 0 Å². The number of nitrogens with zero attached hydrogens (tertiary/aromatic N) is 2. The van der Waals surface area contributed by atoms with Gasteiger partial charge in [0.25, 0.3) is 0 Å². The molecular weight excluding hydrogens is 483 g/mol. The molecule has 0 aromatic carbocycles. The molecule has 0 unspecified atom stereocenters. The monoisotopic (exact) mass is 520 g/mol. The number of guanidine groups is 1. The Bertz CT molecular complexity index is 555. The van der Waals surface area contributed by atoms with Crippen LogP contribution in [-0.2, 0) is 10.2 Å². The van der Waals surface area contributed by atoms with E-state index in [2.05, 4.69) is 38.0 Å². The largest absolute Gasteiger partial charge is 0.379 e. The molecule has 1 saturated heterocycles. The Balaban J connectivity index is 0.00000280. The lowest BCUT2D eigenvalue weighted by molar-refractivity contribution is 0.0372. The minimum absolute atomic E-state index is 0. The fourth-order valence-electron chi connectivity index (χ4n) is 4.28. The molecule has 2 aliphatic rings. The molecule has 28 heavy (non-hydrogen) atoms. The maximum Gasteiger partial charge on any atom is 0.191 e. The number of thiophene rings is 1. The summed E-state index contributed by atoms with van der Waals surface area (Å²) in [5.41, 5.74) is 0.292. The van der Waals surface area contributed by atoms with E-state index >= 15 is 0 Å². The van der Waals surface area contributed by atoms with E-state index in [9.17, 15) is 0 Å². The van der Waals surface area contributed by atoms with E-state index in [4.69, 9.17) is 4.74 Å². The van der Waals surface area contributed by atoms with E-state index in [1.165, 1.54) is 56.4 Å². The summed E-state index contributed by atoms with van der Waals surface area (Å²) in [6.07, 6.45) is 9.04. The third-order valence-corrected chi connectivity index (χ3v) is 7.09. The molecule has 2 fully saturated rings. The summed E-state index contributed by atoms with van der Waals surface area (Å²) in [6.45, 7) is 7.10. The van der Waals surface area contributed by atoms with Gasteiger partial charge in [0, 0.05) is 43.5 Å². The van der Waals surface area contributed by atoms with Crippen LogP contribution >= 0.6 is 35.3 Å². The molecule has 2 N–H and O–H groups in total. The van der Waals surface area contributed by atoms with Gasteiger partial charge in [-0.15, -0.1) is 35.3 Å². The van der Waals surface area contributed by atoms with Gasteiger partial charge in [-0.1, -0.05) is 25.3 Å². The molecule has 3 rings (SSSR count). The predicted molar refractivity (Wildman–Crippen MR) is 130 cm³/mol. The van der Waals surface area contributed by atoms with Gasteiger partial charge in [-0.3, -0.25) is 9.89 Å². The predicted octanol–water partition coefficient (Wildman–Crippen LogP) is 3.85. The van der Waals surface area contributed by atoms with E-state index < -0.39 is 0 Å². The number of rotatable bonds is 8. The van der Waals surface area contributed by atoms with Crippen molar-refractivity contribution in [2.45, 2.75) is 50.4 Å². The summed E-state index contributed by atoms with van der Waals surface area (Å²) in [5, 5.41) is 9.35. The molecule has 0 atom stereocenters. The van der Waals surface area contributed by atoms with Crippen LogP contribution < -0.4 is 10.6 Å². The van der Waals surface area contributed by atoms with Gasteiger partial charge in [-0.2, -0.15) is 0 Å². The van der Waals surface area contributed by atoms with Gasteiger partial charge in [-0.25, -0.2) is 0 Å². The molecule has 0 radical (unpaired) electrons. The fourth-order valence-corrected chi connectivity index (χ4v) is 5.27. The normalized spacial score (nSPS) is 20.4. The lowest BCUT2D eigenvalue weighted by Crippen LogP contribution is -2.46. The van der Waals surface area contributed by atoms with Crippen LogP contribution in [-0.4, -0.2) is 63.8 Å². The van der Waals surface area contributed by atoms with Crippen molar-refractivity contribution in [2.75, 3.05) is 53.0 Å². The number of unbranched alkanes of at least 4 members (excludes halogenated alkanes) is 1. The maximum absolute atomic E-state index is 5.41. The zero-order chi connectivity index (χ0) is 18.8. The highest BCUT2D eigenvalue weighted by atomic mass is 127. The van der Waals surface area contributed by atoms with E-state index in [0.717, 1.165) is 45.4 Å². The van der Waals surface area contributed by atoms with Crippen LogP contribution in [0.4, 0.5) is 0 Å². The van der Waals surface area contributed by atoms with Crippen molar-refractivity contribution < 1.29 is 4.74 Å². The minimum atomic E-state index is 0. The third-order valence-electron chi connectivity index (χ3n) is 5.97. The second-order valence-electron chi connectivity index (χ2n) is 7.83. The van der Waals surface area contributed by atoms with Gasteiger partial charge in [0.15, 0.2) is 5.96 Å². The Kier molecular flexibility index (Phi) is 11.1. The number of ether oxygens (including phenoxy) is 1. The molecule has 1 saturated carbocycles. The van der Waals surface area contributed by atoms with Crippen LogP contribution in [0, 0.1) is 0 Å². The second kappa shape index (κ2) is 13.0. The number of nitrogens with one attached hydrogen (secondary N) is 2. The highest BCUT2D eigenvalue weighted by Crippen LogP contribution is 2.41. The Labute approximate surface area is 191 Å². The number of aliphatic imine (C=N–C) groups is 1. The number of hydrogen-bond acceptors (Lipinski definition) is 4. The molecule has 1 aromatic rings. The second-order valence-corrected chi connectivity index (χ2v) is 8.78. The van der Waals surface area contributed by atoms with Crippen molar-refractivity contribution in [3.8, 4) is 0 Å². The molecule has 1 aliphatic heterocycles. The Morgan fingerprint density at radius 1 is 1.18 bits per heavy atom. The molecule has 160 valence electrons. The van der Waals surface area contributed by atoms with E-state index in [1.54, 1.807) is 0 Å². The number of hydrogen-bond donors (Lipinski definition) is 2. The standard InChI is InChI=1S/C21H36N4OS.HI/c1-22-20(23-11-5-6-12-25-13-15-26-16-14-25)24-18-21(9-3-2-4-10-21)19-8-7-17-27-19;/h7-8,17H,2-6,9-16,18H2,1H3,(H2,22,23,24);1H. The van der Waals surface area contributed by atoms with Crippen molar-refractivity contribution in [1.82, 2.24) is 15.5 Å². The zero-order valence-corrected chi connectivity index (χ0v) is 20.4. The van der Waals surface area contributed by atoms with E-state index in [1.807, 2.05) is 18.4 Å². The van der Waals surface area contributed by atoms with Gasteiger partial charge in [0.1, 0.15) is 0 Å². The summed E-state index contributed by atoms with van der Waals surface area (Å²) in [4.78, 5) is 8.49. The SMILES string of the molecule is CN=C(NCCCCN1CCOCC1)NCC1(c2cccs2)CCCCC1.I. The number of morpholine rings is 1. The summed E-state index contributed by atoms with van der Waals surface area (Å²) in [6, 6.07) is 4.51. The van der Waals surface area contributed by atoms with Gasteiger partial charge in [0.2, 0.25) is 0 Å². The van der Waals surface area contributed by atoms with Crippen LogP contribution in [0.15, 0.2) is 22.5 Å². The average molecular weight is 521 g/mol. The minimum Gasteiger partial charge on any atom is -0.379 e. The number of halogens is 1. The zero-order valence-electron chi connectivity index (χ0n) is 17.3. The molecule has 0 amide bonds. The first-order valence-electron chi connectivity index (χ1n) is 10.6. The van der Waals surface area contributed by atoms with Crippen molar-refractivity contribution in [1.29, 1.82) is 0 Å². The Hall–Kier alpha value is -0.380. The fraction of sp³-hybridized carbons (Fsp3) is 0.762. The molecule has 0 bridgehead atoms. The summed E-state index contributed by atoms with van der Waals surface area (Å²) < 4.78 is 5.41. The van der Waals surface area contributed by atoms with Crippen LogP contribution in [0.5, 0.6) is 0 Å². The first-order chi connectivity index (χ1) is 13.3. The lowest BCUT2D eigenvalue weighted by Gasteiger charge is -2.37.